The molecule has 1 fully saturated rings. The fraction of sp³-hybridized carbons (Fsp3) is 0.538. The van der Waals surface area contributed by atoms with Crippen LogP contribution in [0.25, 0.3) is 0 Å². The second kappa shape index (κ2) is 5.14. The van der Waals surface area contributed by atoms with Gasteiger partial charge in [-0.1, -0.05) is 31.4 Å². The van der Waals surface area contributed by atoms with Gasteiger partial charge in [0.1, 0.15) is 5.82 Å². The van der Waals surface area contributed by atoms with Crippen molar-refractivity contribution in [1.29, 1.82) is 0 Å². The molecule has 0 spiro atoms. The Kier molecular flexibility index (Phi) is 3.76. The van der Waals surface area contributed by atoms with Crippen LogP contribution in [-0.2, 0) is 0 Å². The Balaban J connectivity index is 2.05. The summed E-state index contributed by atoms with van der Waals surface area (Å²) >= 11 is 5.77. The highest BCUT2D eigenvalue weighted by atomic mass is 35.5. The van der Waals surface area contributed by atoms with Crippen LogP contribution in [0.2, 0.25) is 5.02 Å². The zero-order chi connectivity index (χ0) is 13.2. The van der Waals surface area contributed by atoms with Crippen LogP contribution in [0, 0.1) is 5.41 Å². The zero-order valence-corrected chi connectivity index (χ0v) is 11.1. The van der Waals surface area contributed by atoms with Gasteiger partial charge in [-0.15, -0.1) is 0 Å². The highest BCUT2D eigenvalue weighted by Gasteiger charge is 2.28. The first-order chi connectivity index (χ1) is 8.50. The number of carboxylic acid groups (broad SMARTS) is 1. The van der Waals surface area contributed by atoms with Crippen molar-refractivity contribution in [3.8, 4) is 0 Å². The van der Waals surface area contributed by atoms with Crippen LogP contribution >= 0.6 is 11.6 Å². The number of rotatable bonds is 4. The minimum absolute atomic E-state index is 0.0989. The van der Waals surface area contributed by atoms with Crippen molar-refractivity contribution in [1.82, 2.24) is 4.98 Å². The van der Waals surface area contributed by atoms with E-state index in [0.717, 1.165) is 6.54 Å². The Morgan fingerprint density at radius 2 is 2.17 bits per heavy atom. The maximum absolute atomic E-state index is 10.9. The van der Waals surface area contributed by atoms with Crippen molar-refractivity contribution in [2.75, 3.05) is 11.9 Å². The monoisotopic (exact) mass is 268 g/mol. The lowest BCUT2D eigenvalue weighted by Crippen LogP contribution is -2.23. The number of anilines is 1. The van der Waals surface area contributed by atoms with Crippen LogP contribution in [0.5, 0.6) is 0 Å². The lowest BCUT2D eigenvalue weighted by atomic mass is 9.89. The molecule has 2 rings (SSSR count). The van der Waals surface area contributed by atoms with E-state index in [9.17, 15) is 4.79 Å². The molecule has 1 aromatic rings. The van der Waals surface area contributed by atoms with Gasteiger partial charge in [-0.3, -0.25) is 0 Å². The third kappa shape index (κ3) is 2.93. The highest BCUT2D eigenvalue weighted by Crippen LogP contribution is 2.37. The van der Waals surface area contributed by atoms with Gasteiger partial charge in [-0.25, -0.2) is 9.78 Å². The number of halogens is 1. The Labute approximate surface area is 111 Å². The van der Waals surface area contributed by atoms with Gasteiger partial charge in [-0.2, -0.15) is 0 Å². The summed E-state index contributed by atoms with van der Waals surface area (Å²) in [4.78, 5) is 14.9. The third-order valence-corrected chi connectivity index (χ3v) is 3.86. The van der Waals surface area contributed by atoms with Crippen molar-refractivity contribution < 1.29 is 9.90 Å². The topological polar surface area (TPSA) is 62.2 Å². The molecule has 1 saturated carbocycles. The van der Waals surface area contributed by atoms with Gasteiger partial charge in [-0.05, 0) is 30.4 Å². The van der Waals surface area contributed by atoms with Gasteiger partial charge < -0.3 is 10.4 Å². The maximum atomic E-state index is 10.9. The molecule has 0 atom stereocenters. The summed E-state index contributed by atoms with van der Waals surface area (Å²) in [6.45, 7) is 3.07. The number of aromatic carboxylic acids is 1. The Bertz CT molecular complexity index is 456. The number of pyridine rings is 1. The summed E-state index contributed by atoms with van der Waals surface area (Å²) in [5.74, 6) is -0.527. The van der Waals surface area contributed by atoms with E-state index in [2.05, 4.69) is 17.2 Å². The van der Waals surface area contributed by atoms with E-state index in [1.54, 1.807) is 12.1 Å². The molecule has 0 amide bonds. The van der Waals surface area contributed by atoms with E-state index in [-0.39, 0.29) is 10.7 Å². The lowest BCUT2D eigenvalue weighted by Gasteiger charge is -2.24. The van der Waals surface area contributed by atoms with Gasteiger partial charge in [0, 0.05) is 6.54 Å². The van der Waals surface area contributed by atoms with E-state index >= 15 is 0 Å². The molecule has 0 bridgehead atoms. The molecule has 4 nitrogen and oxygen atoms in total. The highest BCUT2D eigenvalue weighted by molar-refractivity contribution is 6.33. The van der Waals surface area contributed by atoms with Crippen LogP contribution < -0.4 is 5.32 Å². The van der Waals surface area contributed by atoms with Crippen LogP contribution in [-0.4, -0.2) is 22.6 Å². The molecule has 0 saturated heterocycles. The number of carboxylic acids is 1. The Morgan fingerprint density at radius 1 is 1.50 bits per heavy atom. The van der Waals surface area contributed by atoms with Gasteiger partial charge in [0.05, 0.1) is 5.02 Å². The molecular weight excluding hydrogens is 252 g/mol. The number of hydrogen-bond acceptors (Lipinski definition) is 3. The number of carbonyl (C=O) groups is 1. The molecule has 0 unspecified atom stereocenters. The van der Waals surface area contributed by atoms with Crippen molar-refractivity contribution in [2.24, 2.45) is 5.41 Å². The normalized spacial score (nSPS) is 17.7. The van der Waals surface area contributed by atoms with Gasteiger partial charge in [0.25, 0.3) is 0 Å². The molecule has 1 heterocycles. The smallest absolute Gasteiger partial charge is 0.356 e. The van der Waals surface area contributed by atoms with Crippen molar-refractivity contribution in [2.45, 2.75) is 32.6 Å². The van der Waals surface area contributed by atoms with Crippen molar-refractivity contribution in [3.05, 3.63) is 22.8 Å². The first-order valence-corrected chi connectivity index (χ1v) is 6.52. The van der Waals surface area contributed by atoms with E-state index < -0.39 is 5.97 Å². The number of hydrogen-bond donors (Lipinski definition) is 2. The predicted molar refractivity (Wildman–Crippen MR) is 71.3 cm³/mol. The average Bonchev–Trinajstić information content (AvgIpc) is 2.75. The van der Waals surface area contributed by atoms with E-state index in [0.29, 0.717) is 11.2 Å². The summed E-state index contributed by atoms with van der Waals surface area (Å²) < 4.78 is 0. The first-order valence-electron chi connectivity index (χ1n) is 6.14. The average molecular weight is 269 g/mol. The minimum atomic E-state index is -1.10. The molecular formula is C13H17ClN2O2. The van der Waals surface area contributed by atoms with Crippen LogP contribution in [0.1, 0.15) is 43.1 Å². The molecule has 1 aromatic heterocycles. The molecule has 1 aliphatic carbocycles. The molecule has 1 aliphatic rings. The van der Waals surface area contributed by atoms with Crippen LogP contribution in [0.3, 0.4) is 0 Å². The number of nitrogens with zero attached hydrogens (tertiary/aromatic N) is 1. The second-order valence-corrected chi connectivity index (χ2v) is 5.61. The fourth-order valence-corrected chi connectivity index (χ4v) is 2.59. The molecule has 98 valence electrons. The maximum Gasteiger partial charge on any atom is 0.356 e. The van der Waals surface area contributed by atoms with Gasteiger partial charge in [0.2, 0.25) is 0 Å². The molecule has 0 aliphatic heterocycles. The first kappa shape index (κ1) is 13.1. The summed E-state index contributed by atoms with van der Waals surface area (Å²) in [7, 11) is 0. The molecule has 5 heteroatoms. The zero-order valence-electron chi connectivity index (χ0n) is 10.4. The van der Waals surface area contributed by atoms with Gasteiger partial charge in [0.15, 0.2) is 5.69 Å². The van der Waals surface area contributed by atoms with E-state index in [1.807, 2.05) is 0 Å². The molecule has 0 aromatic carbocycles. The summed E-state index contributed by atoms with van der Waals surface area (Å²) in [5, 5.41) is 12.3. The van der Waals surface area contributed by atoms with Crippen LogP contribution in [0.4, 0.5) is 5.82 Å². The third-order valence-electron chi connectivity index (χ3n) is 3.56. The van der Waals surface area contributed by atoms with Crippen molar-refractivity contribution >= 4 is 23.4 Å². The molecule has 0 radical (unpaired) electrons. The summed E-state index contributed by atoms with van der Waals surface area (Å²) in [5.41, 5.74) is 0.197. The largest absolute Gasteiger partial charge is 0.476 e. The summed E-state index contributed by atoms with van der Waals surface area (Å²) in [6.07, 6.45) is 4.96. The molecule has 2 N–H and O–H groups in total. The predicted octanol–water partition coefficient (Wildman–Crippen LogP) is 3.43. The van der Waals surface area contributed by atoms with Crippen molar-refractivity contribution in [3.63, 3.8) is 0 Å². The number of nitrogens with one attached hydrogen (secondary N) is 1. The van der Waals surface area contributed by atoms with E-state index in [1.165, 1.54) is 25.7 Å². The SMILES string of the molecule is CC1(CNc2ccc(Cl)c(C(=O)O)n2)CCCC1. The van der Waals surface area contributed by atoms with E-state index in [4.69, 9.17) is 16.7 Å². The second-order valence-electron chi connectivity index (χ2n) is 5.20. The number of aromatic nitrogens is 1. The lowest BCUT2D eigenvalue weighted by molar-refractivity contribution is 0.0691. The fourth-order valence-electron chi connectivity index (χ4n) is 2.40. The Hall–Kier alpha value is -1.29. The summed E-state index contributed by atoms with van der Waals surface area (Å²) in [6, 6.07) is 3.28. The van der Waals surface area contributed by atoms with Crippen LogP contribution in [0.15, 0.2) is 12.1 Å². The quantitative estimate of drug-likeness (QED) is 0.878. The standard InChI is InChI=1S/C13H17ClN2O2/c1-13(6-2-3-7-13)8-15-10-5-4-9(14)11(16-10)12(17)18/h4-5H,2-3,6-8H2,1H3,(H,15,16)(H,17,18). The molecule has 18 heavy (non-hydrogen) atoms. The minimum Gasteiger partial charge on any atom is -0.476 e. The Morgan fingerprint density at radius 3 is 2.78 bits per heavy atom. The van der Waals surface area contributed by atoms with Gasteiger partial charge >= 0.3 is 5.97 Å².